The average molecular weight is 1480 g/mol. The van der Waals surface area contributed by atoms with E-state index < -0.39 is 229 Å². The summed E-state index contributed by atoms with van der Waals surface area (Å²) in [6.45, 7) is -1.15. The Balaban J connectivity index is 1.07. The molecule has 0 aromatic carbocycles. The minimum atomic E-state index is -1.94. The predicted octanol–water partition coefficient (Wildman–Crippen LogP) is -12.0. The highest BCUT2D eigenvalue weighted by Crippen LogP contribution is 2.36. The van der Waals surface area contributed by atoms with Gasteiger partial charge >= 0.3 is 0 Å². The number of aliphatic hydroxyl groups is 20. The zero-order valence-corrected chi connectivity index (χ0v) is 56.7. The van der Waals surface area contributed by atoms with Gasteiger partial charge in [0.05, 0.1) is 75.7 Å². The molecule has 570 valence electrons. The molecule has 0 amide bonds. The minimum absolute atomic E-state index is 0.0180. The normalized spacial score (nSPS) is 41.6. The van der Waals surface area contributed by atoms with Gasteiger partial charge in [-0.25, -0.2) is 0 Å². The Morgan fingerprint density at radius 1 is 0.449 bits per heavy atom. The largest absolute Gasteiger partial charge is 0.394 e. The van der Waals surface area contributed by atoms with Crippen LogP contribution in [0.3, 0.4) is 0 Å². The molecule has 0 radical (unpaired) electrons. The highest BCUT2D eigenvalue weighted by atomic mass is 32.1. The molecule has 37 nitrogen and oxygen atoms in total. The molecule has 15 unspecified atom stereocenters. The van der Waals surface area contributed by atoms with Crippen molar-refractivity contribution in [1.82, 2.24) is 36.8 Å². The Kier molecular flexibility index (Phi) is 33.8. The van der Waals surface area contributed by atoms with Gasteiger partial charge in [0.2, 0.25) is 0 Å². The monoisotopic (exact) mass is 1480 g/mol. The van der Waals surface area contributed by atoms with Gasteiger partial charge in [0.15, 0.2) is 46.8 Å². The summed E-state index contributed by atoms with van der Waals surface area (Å²) in [6.07, 6.45) is -40.5. The zero-order valence-electron chi connectivity index (χ0n) is 54.3. The molecular formula is C58H105N7O30S3. The number of hydrogen-bond acceptors (Lipinski definition) is 34. The fourth-order valence-electron chi connectivity index (χ4n) is 13.0. The quantitative estimate of drug-likeness (QED) is 0.0297. The summed E-state index contributed by atoms with van der Waals surface area (Å²) in [5, 5.41) is 233. The van der Waals surface area contributed by atoms with Crippen molar-refractivity contribution in [3.8, 4) is 0 Å². The summed E-state index contributed by atoms with van der Waals surface area (Å²) in [5.74, 6) is -1.17. The number of nitrogens with zero attached hydrogens (tertiary/aromatic N) is 1. The van der Waals surface area contributed by atoms with Crippen LogP contribution in [0, 0.1) is 11.8 Å². The Hall–Kier alpha value is -2.17. The van der Waals surface area contributed by atoms with Gasteiger partial charge < -0.3 is 181 Å². The first-order valence-corrected chi connectivity index (χ1v) is 34.5. The molecule has 0 spiro atoms. The van der Waals surface area contributed by atoms with Crippen molar-refractivity contribution in [2.45, 2.75) is 236 Å². The molecule has 10 aliphatic rings. The molecule has 10 fully saturated rings. The first kappa shape index (κ1) is 83.1. The molecule has 10 saturated heterocycles. The van der Waals surface area contributed by atoms with E-state index >= 15 is 0 Å². The summed E-state index contributed by atoms with van der Waals surface area (Å²) in [4.78, 5) is 1.96. The molecule has 0 aromatic rings. The van der Waals surface area contributed by atoms with Crippen LogP contribution >= 0.6 is 36.7 Å². The number of nitrogens with one attached hydrogen (secondary N) is 6. The summed E-state index contributed by atoms with van der Waals surface area (Å²) < 4.78 is 58.6. The van der Waals surface area contributed by atoms with Crippen molar-refractivity contribution >= 4 is 52.0 Å². The van der Waals surface area contributed by atoms with Gasteiger partial charge in [-0.1, -0.05) is 26.2 Å². The van der Waals surface area contributed by atoms with E-state index in [1.165, 1.54) is 0 Å². The van der Waals surface area contributed by atoms with E-state index in [1.807, 2.05) is 11.8 Å². The van der Waals surface area contributed by atoms with Crippen LogP contribution in [0.2, 0.25) is 0 Å². The van der Waals surface area contributed by atoms with Crippen molar-refractivity contribution in [1.29, 1.82) is 0 Å². The molecule has 0 aliphatic carbocycles. The molecule has 10 rings (SSSR count). The lowest BCUT2D eigenvalue weighted by Gasteiger charge is -2.47. The van der Waals surface area contributed by atoms with Gasteiger partial charge in [0, 0.05) is 70.8 Å². The van der Waals surface area contributed by atoms with Crippen LogP contribution < -0.4 is 31.9 Å². The van der Waals surface area contributed by atoms with E-state index in [9.17, 15) is 102 Å². The Morgan fingerprint density at radius 2 is 0.939 bits per heavy atom. The fraction of sp³-hybridized carbons (Fsp3) is 0.948. The summed E-state index contributed by atoms with van der Waals surface area (Å²) in [6, 6.07) is 0. The smallest absolute Gasteiger partial charge is 0.186 e. The minimum Gasteiger partial charge on any atom is -0.394 e. The SMILES string of the molecule is CCCCC1C(CNC(=S)NCCN(CCNC(=S)NCC2O[C@@H]3OC4C(CO)O[C@H](OCCCCC2[C@@H](O)C3O)C(O)[C@@H]4O)CCNC(=S)NC(CC[C@H]2OC(CO)[C@@H](O)[C@H](O)C2O)(CO[C@H]2OC(CO)[C@@H](O)[C@H](O)C2O)CO[C@H]2OC(CO)[C@@H](O)[C@H](O)C2O)O[C@H](O)C(O)[C@@H]1O. The molecule has 4 bridgehead atoms. The first-order chi connectivity index (χ1) is 46.7. The van der Waals surface area contributed by atoms with Gasteiger partial charge in [0.25, 0.3) is 0 Å². The van der Waals surface area contributed by atoms with Crippen molar-refractivity contribution < 1.29 is 149 Å². The van der Waals surface area contributed by atoms with E-state index in [0.717, 1.165) is 12.8 Å². The fourth-order valence-corrected chi connectivity index (χ4v) is 13.7. The van der Waals surface area contributed by atoms with E-state index in [2.05, 4.69) is 31.9 Å². The number of hydrogen-bond donors (Lipinski definition) is 26. The molecular weight excluding hydrogens is 1370 g/mol. The molecule has 10 heterocycles. The lowest BCUT2D eigenvalue weighted by Crippen LogP contribution is -2.64. The summed E-state index contributed by atoms with van der Waals surface area (Å²) in [5.41, 5.74) is -1.81. The van der Waals surface area contributed by atoms with Crippen molar-refractivity contribution in [2.75, 3.05) is 98.6 Å². The van der Waals surface area contributed by atoms with Crippen LogP contribution in [-0.2, 0) is 47.4 Å². The number of rotatable bonds is 30. The number of aliphatic hydroxyl groups excluding tert-OH is 20. The van der Waals surface area contributed by atoms with Gasteiger partial charge in [-0.2, -0.15) is 0 Å². The third-order valence-corrected chi connectivity index (χ3v) is 19.9. The van der Waals surface area contributed by atoms with Crippen LogP contribution in [0.25, 0.3) is 0 Å². The van der Waals surface area contributed by atoms with E-state index in [-0.39, 0.29) is 87.1 Å². The molecule has 30 atom stereocenters. The average Bonchev–Trinajstić information content (AvgIpc) is 0.782. The number of unbranched alkanes of at least 4 members (excludes halogenated alkanes) is 1. The van der Waals surface area contributed by atoms with E-state index in [1.54, 1.807) is 0 Å². The van der Waals surface area contributed by atoms with Crippen LogP contribution in [-0.4, -0.2) is 398 Å². The van der Waals surface area contributed by atoms with Crippen LogP contribution in [0.15, 0.2) is 0 Å². The maximum absolute atomic E-state index is 11.5. The van der Waals surface area contributed by atoms with E-state index in [4.69, 9.17) is 84.0 Å². The lowest BCUT2D eigenvalue weighted by atomic mass is 9.84. The highest BCUT2D eigenvalue weighted by molar-refractivity contribution is 7.80. The second-order valence-electron chi connectivity index (χ2n) is 25.9. The molecule has 40 heteroatoms. The highest BCUT2D eigenvalue weighted by Gasteiger charge is 2.53. The van der Waals surface area contributed by atoms with Crippen LogP contribution in [0.5, 0.6) is 0 Å². The summed E-state index contributed by atoms with van der Waals surface area (Å²) >= 11 is 17.3. The van der Waals surface area contributed by atoms with Gasteiger partial charge in [0.1, 0.15) is 110 Å². The Morgan fingerprint density at radius 3 is 1.48 bits per heavy atom. The lowest BCUT2D eigenvalue weighted by molar-refractivity contribution is -0.355. The molecule has 26 N–H and O–H groups in total. The predicted molar refractivity (Wildman–Crippen MR) is 345 cm³/mol. The molecule has 10 aliphatic heterocycles. The molecule has 0 saturated carbocycles. The molecule has 0 aromatic heterocycles. The van der Waals surface area contributed by atoms with Crippen LogP contribution in [0.1, 0.15) is 58.3 Å². The second-order valence-corrected chi connectivity index (χ2v) is 27.1. The van der Waals surface area contributed by atoms with Gasteiger partial charge in [-0.3, -0.25) is 4.90 Å². The van der Waals surface area contributed by atoms with Gasteiger partial charge in [-0.15, -0.1) is 0 Å². The Labute approximate surface area is 582 Å². The van der Waals surface area contributed by atoms with Gasteiger partial charge in [-0.05, 0) is 68.8 Å². The van der Waals surface area contributed by atoms with Crippen molar-refractivity contribution in [2.24, 2.45) is 11.8 Å². The number of thiocarbonyl (C=S) groups is 3. The Bertz CT molecular complexity index is 2290. The second kappa shape index (κ2) is 39.8. The van der Waals surface area contributed by atoms with Crippen molar-refractivity contribution in [3.63, 3.8) is 0 Å². The number of ether oxygens (including phenoxy) is 10. The first-order valence-electron chi connectivity index (χ1n) is 33.3. The summed E-state index contributed by atoms with van der Waals surface area (Å²) in [7, 11) is 0. The molecule has 98 heavy (non-hydrogen) atoms. The third kappa shape index (κ3) is 21.7. The van der Waals surface area contributed by atoms with Crippen molar-refractivity contribution in [3.05, 3.63) is 0 Å². The third-order valence-electron chi connectivity index (χ3n) is 19.0. The van der Waals surface area contributed by atoms with Crippen LogP contribution in [0.4, 0.5) is 0 Å². The standard InChI is InChI=1S/C58H105N7O30S3/c1-2-3-6-25-28(90-50(85)44(80)34(25)70)17-62-55(96)59-10-13-65(14-11-60-56(97)63-18-29-26-7-4-5-16-86-51-48(84)43(79)49(33(22-69)94-51)95-54(91-29)45(81)35(26)71)15-12-61-57(98)64-58(9-8-27-36(72)40(76)37(73)30(19-66)89-27,23-87-52-46(82)41(77)38(74)31(20-67)92-52)24-88-53-47(83)42(78)39(75)32(21-68)93-53/h25-54,66-85H,2-24H2,1H3,(H2,59,62,96)(H2,60,63,97)(H2,61,64,98)/t25?,26?,27-,28?,29?,30?,31?,32?,33?,34-,35-,36?,37-,38-,39-,40-,41+,42+,43+,44?,45?,46?,47?,48?,49?,50+,51+,52+,53+,54-,58?/m1/s1. The van der Waals surface area contributed by atoms with E-state index in [0.29, 0.717) is 25.7 Å². The topological polar surface area (TPSA) is 572 Å². The maximum Gasteiger partial charge on any atom is 0.186 e. The maximum atomic E-state index is 11.5. The zero-order chi connectivity index (χ0) is 71.7.